The zero-order valence-electron chi connectivity index (χ0n) is 8.43. The van der Waals surface area contributed by atoms with E-state index in [-0.39, 0.29) is 13.4 Å². The third kappa shape index (κ3) is 4.33. The summed E-state index contributed by atoms with van der Waals surface area (Å²) in [6.45, 7) is -0.230. The second-order valence-corrected chi connectivity index (χ2v) is 2.78. The minimum atomic E-state index is -0.487. The van der Waals surface area contributed by atoms with Crippen molar-refractivity contribution < 1.29 is 19.0 Å². The lowest BCUT2D eigenvalue weighted by Gasteiger charge is -2.06. The van der Waals surface area contributed by atoms with Gasteiger partial charge in [-0.2, -0.15) is 0 Å². The van der Waals surface area contributed by atoms with Crippen LogP contribution in [-0.4, -0.2) is 26.5 Å². The highest BCUT2D eigenvalue weighted by Crippen LogP contribution is 2.14. The van der Waals surface area contributed by atoms with Crippen molar-refractivity contribution >= 4 is 11.7 Å². The van der Waals surface area contributed by atoms with Crippen LogP contribution in [0.25, 0.3) is 0 Å². The molecule has 5 heteroatoms. The topological polar surface area (TPSA) is 70.8 Å². The first-order chi connectivity index (χ1) is 7.22. The number of benzene rings is 1. The van der Waals surface area contributed by atoms with Crippen LogP contribution in [0.15, 0.2) is 24.3 Å². The van der Waals surface area contributed by atoms with Crippen molar-refractivity contribution in [3.05, 3.63) is 24.3 Å². The number of nitrogens with two attached hydrogens (primary N) is 1. The number of esters is 1. The number of carbonyl (C=O) groups is 1. The molecule has 0 radical (unpaired) electrons. The first-order valence-electron chi connectivity index (χ1n) is 4.35. The van der Waals surface area contributed by atoms with Crippen LogP contribution in [0.3, 0.4) is 0 Å². The maximum absolute atomic E-state index is 11.0. The Balaban J connectivity index is 2.33. The summed E-state index contributed by atoms with van der Waals surface area (Å²) in [5.41, 5.74) is 6.11. The molecular formula is C10H13NO4. The lowest BCUT2D eigenvalue weighted by molar-refractivity contribution is -0.156. The van der Waals surface area contributed by atoms with Gasteiger partial charge in [-0.1, -0.05) is 6.07 Å². The number of nitrogen functional groups attached to an aromatic ring is 1. The third-order valence-electron chi connectivity index (χ3n) is 1.55. The summed E-state index contributed by atoms with van der Waals surface area (Å²) < 4.78 is 14.3. The fraction of sp³-hybridized carbons (Fsp3) is 0.300. The van der Waals surface area contributed by atoms with Crippen LogP contribution in [0.2, 0.25) is 0 Å². The second kappa shape index (κ2) is 5.87. The van der Waals surface area contributed by atoms with E-state index >= 15 is 0 Å². The molecule has 0 aliphatic heterocycles. The molecule has 0 bridgehead atoms. The van der Waals surface area contributed by atoms with E-state index in [1.165, 1.54) is 7.11 Å². The van der Waals surface area contributed by atoms with Crippen molar-refractivity contribution in [1.82, 2.24) is 0 Å². The summed E-state index contributed by atoms with van der Waals surface area (Å²) in [6.07, 6.45) is 0. The van der Waals surface area contributed by atoms with E-state index in [1.807, 2.05) is 0 Å². The zero-order valence-corrected chi connectivity index (χ0v) is 8.43. The number of ether oxygens (including phenoxy) is 3. The molecule has 0 aromatic heterocycles. The number of methoxy groups -OCH3 is 1. The van der Waals surface area contributed by atoms with E-state index in [0.717, 1.165) is 0 Å². The van der Waals surface area contributed by atoms with Gasteiger partial charge < -0.3 is 19.9 Å². The van der Waals surface area contributed by atoms with Gasteiger partial charge in [0.05, 0.1) is 0 Å². The van der Waals surface area contributed by atoms with Gasteiger partial charge in [0.25, 0.3) is 0 Å². The lowest BCUT2D eigenvalue weighted by atomic mass is 10.3. The molecule has 1 rings (SSSR count). The Morgan fingerprint density at radius 1 is 1.47 bits per heavy atom. The Bertz CT molecular complexity index is 327. The number of hydrogen-bond acceptors (Lipinski definition) is 5. The van der Waals surface area contributed by atoms with E-state index in [1.54, 1.807) is 24.3 Å². The van der Waals surface area contributed by atoms with Crippen molar-refractivity contribution in [2.45, 2.75) is 0 Å². The quantitative estimate of drug-likeness (QED) is 0.443. The molecule has 1 aromatic carbocycles. The van der Waals surface area contributed by atoms with Gasteiger partial charge in [0.1, 0.15) is 5.75 Å². The van der Waals surface area contributed by atoms with Gasteiger partial charge in [-0.25, -0.2) is 4.79 Å². The SMILES string of the molecule is COCOC(=O)COc1cccc(N)c1. The van der Waals surface area contributed by atoms with Crippen LogP contribution in [0.1, 0.15) is 0 Å². The molecule has 82 valence electrons. The highest BCUT2D eigenvalue weighted by atomic mass is 16.7. The smallest absolute Gasteiger partial charge is 0.346 e. The molecule has 0 amide bonds. The average molecular weight is 211 g/mol. The molecule has 0 saturated carbocycles. The van der Waals surface area contributed by atoms with Crippen molar-refractivity contribution in [3.8, 4) is 5.75 Å². The predicted molar refractivity (Wildman–Crippen MR) is 54.3 cm³/mol. The van der Waals surface area contributed by atoms with Gasteiger partial charge in [-0.15, -0.1) is 0 Å². The Hall–Kier alpha value is -1.75. The molecule has 0 spiro atoms. The number of anilines is 1. The lowest BCUT2D eigenvalue weighted by Crippen LogP contribution is -2.16. The zero-order chi connectivity index (χ0) is 11.1. The Morgan fingerprint density at radius 3 is 2.93 bits per heavy atom. The van der Waals surface area contributed by atoms with E-state index in [4.69, 9.17) is 10.5 Å². The molecule has 0 fully saturated rings. The molecule has 15 heavy (non-hydrogen) atoms. The molecule has 5 nitrogen and oxygen atoms in total. The maximum atomic E-state index is 11.0. The van der Waals surface area contributed by atoms with Crippen molar-refractivity contribution in [1.29, 1.82) is 0 Å². The van der Waals surface area contributed by atoms with Gasteiger partial charge in [0, 0.05) is 18.9 Å². The summed E-state index contributed by atoms with van der Waals surface area (Å²) in [5.74, 6) is 0.0450. The molecule has 0 unspecified atom stereocenters. The third-order valence-corrected chi connectivity index (χ3v) is 1.55. The maximum Gasteiger partial charge on any atom is 0.346 e. The Kier molecular flexibility index (Phi) is 4.43. The van der Waals surface area contributed by atoms with Crippen molar-refractivity contribution in [3.63, 3.8) is 0 Å². The van der Waals surface area contributed by atoms with Gasteiger partial charge in [-0.05, 0) is 12.1 Å². The standard InChI is InChI=1S/C10H13NO4/c1-13-7-15-10(12)6-14-9-4-2-3-8(11)5-9/h2-5H,6-7,11H2,1H3. The van der Waals surface area contributed by atoms with E-state index < -0.39 is 5.97 Å². The Labute approximate surface area is 87.7 Å². The Morgan fingerprint density at radius 2 is 2.27 bits per heavy atom. The normalized spacial score (nSPS) is 9.67. The molecule has 0 atom stereocenters. The highest BCUT2D eigenvalue weighted by Gasteiger charge is 2.03. The van der Waals surface area contributed by atoms with Crippen LogP contribution in [0.5, 0.6) is 5.75 Å². The largest absolute Gasteiger partial charge is 0.482 e. The van der Waals surface area contributed by atoms with Crippen molar-refractivity contribution in [2.24, 2.45) is 0 Å². The summed E-state index contributed by atoms with van der Waals surface area (Å²) in [6, 6.07) is 6.81. The van der Waals surface area contributed by atoms with Gasteiger partial charge in [0.15, 0.2) is 13.4 Å². The average Bonchev–Trinajstić information content (AvgIpc) is 2.23. The minimum Gasteiger partial charge on any atom is -0.482 e. The second-order valence-electron chi connectivity index (χ2n) is 2.78. The fourth-order valence-corrected chi connectivity index (χ4v) is 0.913. The summed E-state index contributed by atoms with van der Waals surface area (Å²) in [4.78, 5) is 11.0. The van der Waals surface area contributed by atoms with E-state index in [2.05, 4.69) is 9.47 Å². The molecule has 0 heterocycles. The number of carbonyl (C=O) groups excluding carboxylic acids is 1. The van der Waals surface area contributed by atoms with Crippen molar-refractivity contribution in [2.75, 3.05) is 26.2 Å². The van der Waals surface area contributed by atoms with Crippen LogP contribution >= 0.6 is 0 Å². The van der Waals surface area contributed by atoms with Gasteiger partial charge in [0.2, 0.25) is 0 Å². The first kappa shape index (κ1) is 11.3. The van der Waals surface area contributed by atoms with Crippen LogP contribution < -0.4 is 10.5 Å². The minimum absolute atomic E-state index is 0.0703. The van der Waals surface area contributed by atoms with Crippen LogP contribution in [0.4, 0.5) is 5.69 Å². The molecule has 2 N–H and O–H groups in total. The highest BCUT2D eigenvalue weighted by molar-refractivity contribution is 5.71. The van der Waals surface area contributed by atoms with E-state index in [0.29, 0.717) is 11.4 Å². The molecular weight excluding hydrogens is 198 g/mol. The van der Waals surface area contributed by atoms with Gasteiger partial charge in [-0.3, -0.25) is 0 Å². The van der Waals surface area contributed by atoms with Crippen LogP contribution in [-0.2, 0) is 14.3 Å². The number of rotatable bonds is 5. The summed E-state index contributed by atoms with van der Waals surface area (Å²) >= 11 is 0. The monoisotopic (exact) mass is 211 g/mol. The predicted octanol–water partition coefficient (Wildman–Crippen LogP) is 0.795. The molecule has 0 saturated heterocycles. The number of hydrogen-bond donors (Lipinski definition) is 1. The summed E-state index contributed by atoms with van der Waals surface area (Å²) in [7, 11) is 1.44. The summed E-state index contributed by atoms with van der Waals surface area (Å²) in [5, 5.41) is 0. The molecule has 1 aromatic rings. The van der Waals surface area contributed by atoms with E-state index in [9.17, 15) is 4.79 Å². The molecule has 0 aliphatic rings. The molecule has 0 aliphatic carbocycles. The first-order valence-corrected chi connectivity index (χ1v) is 4.35. The fourth-order valence-electron chi connectivity index (χ4n) is 0.913. The van der Waals surface area contributed by atoms with Crippen LogP contribution in [0, 0.1) is 0 Å². The van der Waals surface area contributed by atoms with Gasteiger partial charge >= 0.3 is 5.97 Å².